The molecule has 2 heterocycles. The summed E-state index contributed by atoms with van der Waals surface area (Å²) in [6.07, 6.45) is 1.34. The van der Waals surface area contributed by atoms with Gasteiger partial charge in [0.15, 0.2) is 0 Å². The molecule has 0 aromatic heterocycles. The predicted molar refractivity (Wildman–Crippen MR) is 280 cm³/mol. The number of carbonyl (C=O) groups excluding carboxylic acids is 6. The molecule has 76 heavy (non-hydrogen) atoms. The Kier molecular flexibility index (Phi) is 25.2. The Morgan fingerprint density at radius 1 is 0.553 bits per heavy atom. The van der Waals surface area contributed by atoms with Gasteiger partial charge in [0.2, 0.25) is 0 Å². The first-order valence-electron chi connectivity index (χ1n) is 23.2. The van der Waals surface area contributed by atoms with Crippen molar-refractivity contribution in [1.29, 1.82) is 0 Å². The summed E-state index contributed by atoms with van der Waals surface area (Å²) in [6.45, 7) is 13.2. The van der Waals surface area contributed by atoms with Crippen molar-refractivity contribution in [2.24, 2.45) is 11.5 Å². The van der Waals surface area contributed by atoms with E-state index in [1.807, 2.05) is 0 Å². The summed E-state index contributed by atoms with van der Waals surface area (Å²) >= 11 is 26.5. The maximum absolute atomic E-state index is 14.4. The zero-order valence-corrected chi connectivity index (χ0v) is 45.8. The number of methoxy groups -OCH3 is 2. The van der Waals surface area contributed by atoms with Gasteiger partial charge in [0.25, 0.3) is 0 Å². The molecular formula is C52H60Cl4N4O16. The van der Waals surface area contributed by atoms with Gasteiger partial charge in [-0.1, -0.05) is 83.8 Å². The molecular weight excluding hydrogens is 1080 g/mol. The molecule has 20 nitrogen and oxygen atoms in total. The summed E-state index contributed by atoms with van der Waals surface area (Å²) in [5.74, 6) is -9.14. The number of hydrogen-bond donors (Lipinski definition) is 2. The van der Waals surface area contributed by atoms with Crippen molar-refractivity contribution in [3.05, 3.63) is 149 Å². The normalized spacial score (nSPS) is 15.8. The summed E-state index contributed by atoms with van der Waals surface area (Å²) < 4.78 is 44.5. The molecule has 2 atom stereocenters. The fourth-order valence-corrected chi connectivity index (χ4v) is 8.42. The van der Waals surface area contributed by atoms with Gasteiger partial charge in [-0.15, -0.1) is 0 Å². The number of nitrogens with two attached hydrogens (primary N) is 2. The number of nitrogens with zero attached hydrogens (tertiary/aromatic N) is 2. The minimum atomic E-state index is -1.35. The molecule has 2 aromatic carbocycles. The minimum Gasteiger partial charge on any atom is -0.466 e. The molecule has 4 rings (SSSR count). The Hall–Kier alpha value is -6.04. The van der Waals surface area contributed by atoms with Gasteiger partial charge < -0.3 is 59.0 Å². The van der Waals surface area contributed by atoms with Gasteiger partial charge >= 0.3 is 35.8 Å². The van der Waals surface area contributed by atoms with Gasteiger partial charge in [0.1, 0.15) is 13.2 Å². The Labute approximate surface area is 460 Å². The average molecular weight is 1140 g/mol. The summed E-state index contributed by atoms with van der Waals surface area (Å²) in [5, 5.41) is 1.84. The fraction of sp³-hybridized carbons (Fsp3) is 0.385. The Morgan fingerprint density at radius 2 is 0.908 bits per heavy atom. The lowest BCUT2D eigenvalue weighted by Gasteiger charge is -2.37. The second-order valence-electron chi connectivity index (χ2n) is 16.6. The molecule has 2 aromatic rings. The number of allylic oxidation sites excluding steroid dienone is 2. The van der Waals surface area contributed by atoms with Crippen LogP contribution in [0, 0.1) is 0 Å². The largest absolute Gasteiger partial charge is 0.466 e. The zero-order valence-electron chi connectivity index (χ0n) is 42.8. The fourth-order valence-electron chi connectivity index (χ4n) is 7.59. The number of benzene rings is 2. The summed E-state index contributed by atoms with van der Waals surface area (Å²) in [7, 11) is 2.21. The van der Waals surface area contributed by atoms with Crippen molar-refractivity contribution < 1.29 is 76.3 Å². The molecule has 0 bridgehead atoms. The van der Waals surface area contributed by atoms with Crippen LogP contribution in [-0.2, 0) is 76.3 Å². The highest BCUT2D eigenvalue weighted by atomic mass is 35.5. The van der Waals surface area contributed by atoms with E-state index in [4.69, 9.17) is 105 Å². The summed E-state index contributed by atoms with van der Waals surface area (Å²) in [5.41, 5.74) is 11.0. The third-order valence-corrected chi connectivity index (χ3v) is 12.5. The van der Waals surface area contributed by atoms with Gasteiger partial charge in [-0.05, 0) is 62.1 Å². The first-order chi connectivity index (χ1) is 36.2. The van der Waals surface area contributed by atoms with Crippen LogP contribution in [0.1, 0.15) is 50.7 Å². The molecule has 0 amide bonds. The third kappa shape index (κ3) is 16.2. The number of rotatable bonds is 28. The van der Waals surface area contributed by atoms with Crippen LogP contribution >= 0.6 is 46.4 Å². The lowest BCUT2D eigenvalue weighted by Crippen LogP contribution is -2.39. The number of carbonyl (C=O) groups is 6. The first kappa shape index (κ1) is 62.5. The predicted octanol–water partition coefficient (Wildman–Crippen LogP) is 6.90. The van der Waals surface area contributed by atoms with Gasteiger partial charge in [-0.2, -0.15) is 10.1 Å². The van der Waals surface area contributed by atoms with Crippen LogP contribution in [0.5, 0.6) is 0 Å². The quantitative estimate of drug-likeness (QED) is 0.0289. The Morgan fingerprint density at radius 3 is 1.24 bits per heavy atom. The first-order valence-corrected chi connectivity index (χ1v) is 24.7. The van der Waals surface area contributed by atoms with Crippen molar-refractivity contribution >= 4 is 82.2 Å². The number of hydroxylamine groups is 4. The maximum atomic E-state index is 14.4. The van der Waals surface area contributed by atoms with Crippen molar-refractivity contribution in [2.75, 3.05) is 93.4 Å². The van der Waals surface area contributed by atoms with E-state index < -0.39 is 60.9 Å². The molecule has 2 aliphatic rings. The van der Waals surface area contributed by atoms with Crippen LogP contribution < -0.4 is 11.5 Å². The van der Waals surface area contributed by atoms with Crippen LogP contribution in [0.2, 0.25) is 20.1 Å². The Bertz CT molecular complexity index is 2520. The molecule has 0 radical (unpaired) electrons. The lowest BCUT2D eigenvalue weighted by atomic mass is 9.80. The smallest absolute Gasteiger partial charge is 0.356 e. The van der Waals surface area contributed by atoms with Gasteiger partial charge in [-0.25, -0.2) is 28.8 Å². The molecule has 0 fully saturated rings. The molecule has 0 aliphatic carbocycles. The molecule has 0 saturated heterocycles. The molecule has 0 spiro atoms. The minimum absolute atomic E-state index is 0.0193. The highest BCUT2D eigenvalue weighted by Gasteiger charge is 2.46. The van der Waals surface area contributed by atoms with Crippen molar-refractivity contribution in [3.63, 3.8) is 0 Å². The van der Waals surface area contributed by atoms with Crippen LogP contribution in [-0.4, -0.2) is 139 Å². The third-order valence-electron chi connectivity index (χ3n) is 10.9. The standard InChI is InChI=1S/C52H60Cl4N4O16/c1-29(2)25-73-51(65)45-37(27-71-23-21-69-19-17-57)59(31(5)41(49(63)67-7)43(45)33-11-9-13-35(53)47(33)55)75-39(61)15-16-40(62)76-60-32(6)42(50(64)68-8)44(34-12-10-14-36(54)48(34)56)46(52(66)74-26-30(3)4)38(60)28-72-24-22-70-20-18-58/h9-16,43-44H,1,3,17-28,57-58H2,2,4-8H3/b16-15+/t43-,44-/m0/s1. The lowest BCUT2D eigenvalue weighted by molar-refractivity contribution is -0.173. The molecule has 4 N–H and O–H groups in total. The monoisotopic (exact) mass is 1140 g/mol. The van der Waals surface area contributed by atoms with Crippen LogP contribution in [0.4, 0.5) is 0 Å². The number of esters is 4. The SMILES string of the molecule is C=C(C)COC(=O)C1=C(COCCOCCN)N(OC(=O)/C=C/C(=O)ON2C(C)=C(C(=O)OC)[C@H](c3cccc(Cl)c3Cl)C(C(=O)OCC(=C)C)=C2COCCOCCN)C(C)=C(C(=O)OC)[C@@H]1c1cccc(Cl)c1Cl. The number of halogens is 4. The summed E-state index contributed by atoms with van der Waals surface area (Å²) in [4.78, 5) is 96.2. The summed E-state index contributed by atoms with van der Waals surface area (Å²) in [6, 6.07) is 9.19. The van der Waals surface area contributed by atoms with E-state index in [0.29, 0.717) is 23.3 Å². The number of ether oxygens (including phenoxy) is 8. The highest BCUT2D eigenvalue weighted by Crippen LogP contribution is 2.48. The van der Waals surface area contributed by atoms with Gasteiger partial charge in [0, 0.05) is 25.2 Å². The topological polar surface area (TPSA) is 253 Å². The van der Waals surface area contributed by atoms with Crippen LogP contribution in [0.3, 0.4) is 0 Å². The molecule has 2 aliphatic heterocycles. The van der Waals surface area contributed by atoms with Crippen molar-refractivity contribution in [2.45, 2.75) is 39.5 Å². The van der Waals surface area contributed by atoms with E-state index in [-0.39, 0.29) is 142 Å². The second kappa shape index (κ2) is 30.6. The van der Waals surface area contributed by atoms with Crippen molar-refractivity contribution in [3.8, 4) is 0 Å². The maximum Gasteiger partial charge on any atom is 0.356 e. The van der Waals surface area contributed by atoms with E-state index >= 15 is 0 Å². The highest BCUT2D eigenvalue weighted by molar-refractivity contribution is 6.43. The van der Waals surface area contributed by atoms with Crippen molar-refractivity contribution in [1.82, 2.24) is 10.1 Å². The van der Waals surface area contributed by atoms with E-state index in [9.17, 15) is 28.8 Å². The van der Waals surface area contributed by atoms with E-state index in [2.05, 4.69) is 13.2 Å². The van der Waals surface area contributed by atoms with Crippen LogP contribution in [0.15, 0.2) is 118 Å². The molecule has 0 unspecified atom stereocenters. The molecule has 412 valence electrons. The van der Waals surface area contributed by atoms with E-state index in [1.165, 1.54) is 38.1 Å². The number of hydrogen-bond acceptors (Lipinski definition) is 20. The van der Waals surface area contributed by atoms with E-state index in [1.54, 1.807) is 26.0 Å². The van der Waals surface area contributed by atoms with E-state index in [0.717, 1.165) is 24.3 Å². The molecule has 0 saturated carbocycles. The van der Waals surface area contributed by atoms with Crippen LogP contribution in [0.25, 0.3) is 0 Å². The molecule has 24 heteroatoms. The average Bonchev–Trinajstić information content (AvgIpc) is 3.39. The zero-order chi connectivity index (χ0) is 56.2. The van der Waals surface area contributed by atoms with Gasteiger partial charge in [0.05, 0.1) is 144 Å². The second-order valence-corrected chi connectivity index (χ2v) is 18.1. The van der Waals surface area contributed by atoms with Gasteiger partial charge in [-0.3, -0.25) is 0 Å². The Balaban J connectivity index is 1.88.